The van der Waals surface area contributed by atoms with Crippen molar-refractivity contribution in [3.8, 4) is 11.6 Å². The summed E-state index contributed by atoms with van der Waals surface area (Å²) >= 11 is 1.02. The number of carbonyl (C=O) groups is 1. The van der Waals surface area contributed by atoms with Gasteiger partial charge in [0, 0.05) is 17.5 Å². The van der Waals surface area contributed by atoms with Crippen LogP contribution in [-0.4, -0.2) is 26.6 Å². The van der Waals surface area contributed by atoms with E-state index < -0.39 is 33.9 Å². The van der Waals surface area contributed by atoms with Gasteiger partial charge < -0.3 is 9.73 Å². The number of hydrogen-bond donors (Lipinski definition) is 1. The molecule has 1 amide bonds. The summed E-state index contributed by atoms with van der Waals surface area (Å²) in [6, 6.07) is 12.6. The van der Waals surface area contributed by atoms with Crippen LogP contribution in [0.1, 0.15) is 5.56 Å². The number of rotatable bonds is 6. The van der Waals surface area contributed by atoms with E-state index in [0.717, 1.165) is 23.9 Å². The largest absolute Gasteiger partial charge is 0.461 e. The highest BCUT2D eigenvalue weighted by molar-refractivity contribution is 8.00. The zero-order chi connectivity index (χ0) is 23.6. The van der Waals surface area contributed by atoms with E-state index in [2.05, 4.69) is 15.3 Å². The number of hydrogen-bond acceptors (Lipinski definition) is 7. The Morgan fingerprint density at radius 1 is 1.12 bits per heavy atom. The highest BCUT2D eigenvalue weighted by Gasteiger charge is 2.35. The number of nitrogens with zero attached hydrogens (tertiary/aromatic N) is 3. The summed E-state index contributed by atoms with van der Waals surface area (Å²) in [5.41, 5.74) is -1.99. The molecule has 2 aromatic heterocycles. The first-order valence-electron chi connectivity index (χ1n) is 9.31. The first kappa shape index (κ1) is 22.3. The Balaban J connectivity index is 1.57. The van der Waals surface area contributed by atoms with Crippen molar-refractivity contribution in [1.82, 2.24) is 9.97 Å². The van der Waals surface area contributed by atoms with Gasteiger partial charge in [-0.05, 0) is 24.3 Å². The Hall–Kier alpha value is -3.93. The van der Waals surface area contributed by atoms with Crippen LogP contribution in [-0.2, 0) is 11.0 Å². The number of amides is 1. The second kappa shape index (κ2) is 8.90. The van der Waals surface area contributed by atoms with Crippen LogP contribution in [0.3, 0.4) is 0 Å². The number of non-ortho nitro benzene ring substituents is 1. The van der Waals surface area contributed by atoms with Gasteiger partial charge in [-0.15, -0.1) is 0 Å². The number of fused-ring (bicyclic) bond motifs is 1. The lowest BCUT2D eigenvalue weighted by Crippen LogP contribution is -2.18. The number of benzene rings is 2. The molecule has 12 heteroatoms. The number of thioether (sulfide) groups is 1. The molecule has 0 saturated heterocycles. The van der Waals surface area contributed by atoms with Gasteiger partial charge in [0.25, 0.3) is 5.69 Å². The highest BCUT2D eigenvalue weighted by Crippen LogP contribution is 2.37. The Morgan fingerprint density at radius 3 is 2.61 bits per heavy atom. The van der Waals surface area contributed by atoms with Crippen molar-refractivity contribution in [1.29, 1.82) is 0 Å². The van der Waals surface area contributed by atoms with Gasteiger partial charge in [-0.1, -0.05) is 30.0 Å². The van der Waals surface area contributed by atoms with Crippen molar-refractivity contribution in [2.24, 2.45) is 0 Å². The molecular weight excluding hydrogens is 461 g/mol. The summed E-state index contributed by atoms with van der Waals surface area (Å²) in [7, 11) is 0. The number of furan rings is 1. The first-order chi connectivity index (χ1) is 15.7. The molecule has 168 valence electrons. The Labute approximate surface area is 188 Å². The highest BCUT2D eigenvalue weighted by atomic mass is 32.2. The fourth-order valence-electron chi connectivity index (χ4n) is 2.98. The quantitative estimate of drug-likeness (QED) is 0.169. The van der Waals surface area contributed by atoms with E-state index >= 15 is 0 Å². The maximum Gasteiger partial charge on any atom is 0.418 e. The van der Waals surface area contributed by atoms with E-state index in [0.29, 0.717) is 33.6 Å². The van der Waals surface area contributed by atoms with Crippen molar-refractivity contribution in [3.05, 3.63) is 76.5 Å². The monoisotopic (exact) mass is 474 g/mol. The fraction of sp³-hybridized carbons (Fsp3) is 0.0952. The molecule has 2 aromatic carbocycles. The normalized spacial score (nSPS) is 11.5. The van der Waals surface area contributed by atoms with Gasteiger partial charge in [0.2, 0.25) is 5.91 Å². The Bertz CT molecular complexity index is 1340. The fourth-order valence-corrected chi connectivity index (χ4v) is 3.80. The molecule has 0 unspecified atom stereocenters. The minimum atomic E-state index is -4.89. The van der Waals surface area contributed by atoms with Crippen LogP contribution in [0.2, 0.25) is 0 Å². The summed E-state index contributed by atoms with van der Waals surface area (Å²) in [4.78, 5) is 31.2. The summed E-state index contributed by atoms with van der Waals surface area (Å²) in [6.07, 6.45) is -3.42. The molecule has 0 bridgehead atoms. The zero-order valence-corrected chi connectivity index (χ0v) is 17.3. The third kappa shape index (κ3) is 4.95. The average Bonchev–Trinajstić information content (AvgIpc) is 3.31. The van der Waals surface area contributed by atoms with Gasteiger partial charge >= 0.3 is 6.18 Å². The lowest BCUT2D eigenvalue weighted by atomic mass is 10.1. The van der Waals surface area contributed by atoms with Crippen LogP contribution in [0.5, 0.6) is 0 Å². The van der Waals surface area contributed by atoms with Crippen LogP contribution in [0.15, 0.2) is 70.3 Å². The van der Waals surface area contributed by atoms with Crippen molar-refractivity contribution in [2.45, 2.75) is 11.2 Å². The van der Waals surface area contributed by atoms with Crippen molar-refractivity contribution >= 4 is 39.9 Å². The average molecular weight is 474 g/mol. The summed E-state index contributed by atoms with van der Waals surface area (Å²) in [5.74, 6) is -0.266. The summed E-state index contributed by atoms with van der Waals surface area (Å²) < 4.78 is 45.4. The lowest BCUT2D eigenvalue weighted by molar-refractivity contribution is -0.385. The SMILES string of the molecule is O=C(CSc1nc(-c2ccco2)nc2ccccc12)Nc1ccc([N+](=O)[O-])cc1C(F)(F)F. The van der Waals surface area contributed by atoms with E-state index in [1.165, 1.54) is 6.26 Å². The maximum absolute atomic E-state index is 13.3. The first-order valence-corrected chi connectivity index (χ1v) is 10.3. The maximum atomic E-state index is 13.3. The minimum absolute atomic E-state index is 0.257. The number of aromatic nitrogens is 2. The van der Waals surface area contributed by atoms with Crippen molar-refractivity contribution in [3.63, 3.8) is 0 Å². The van der Waals surface area contributed by atoms with Crippen molar-refractivity contribution < 1.29 is 27.3 Å². The van der Waals surface area contributed by atoms with Gasteiger partial charge in [0.05, 0.1) is 33.7 Å². The minimum Gasteiger partial charge on any atom is -0.461 e. The van der Waals surface area contributed by atoms with E-state index in [1.807, 2.05) is 0 Å². The second-order valence-corrected chi connectivity index (χ2v) is 7.63. The standard InChI is InChI=1S/C21H13F3N4O4S/c22-21(23,24)14-10-12(28(30)31)7-8-16(14)25-18(29)11-33-20-13-4-1-2-5-15(13)26-19(27-20)17-6-3-9-32-17/h1-10H,11H2,(H,25,29). The van der Waals surface area contributed by atoms with E-state index in [-0.39, 0.29) is 5.75 Å². The molecule has 0 spiro atoms. The molecular formula is C21H13F3N4O4S. The molecule has 0 fully saturated rings. The number of carbonyl (C=O) groups excluding carboxylic acids is 1. The number of halogens is 3. The predicted molar refractivity (Wildman–Crippen MR) is 115 cm³/mol. The molecule has 0 saturated carbocycles. The number of nitro groups is 1. The van der Waals surface area contributed by atoms with Crippen LogP contribution in [0.4, 0.5) is 24.5 Å². The predicted octanol–water partition coefficient (Wildman–Crippen LogP) is 5.55. The zero-order valence-electron chi connectivity index (χ0n) is 16.5. The Kier molecular flexibility index (Phi) is 6.01. The number of nitro benzene ring substituents is 1. The number of anilines is 1. The molecule has 8 nitrogen and oxygen atoms in total. The number of nitrogens with one attached hydrogen (secondary N) is 1. The molecule has 0 aliphatic rings. The molecule has 2 heterocycles. The molecule has 0 atom stereocenters. The van der Waals surface area contributed by atoms with Crippen LogP contribution < -0.4 is 5.32 Å². The van der Waals surface area contributed by atoms with Gasteiger partial charge in [0.1, 0.15) is 5.03 Å². The van der Waals surface area contributed by atoms with Gasteiger partial charge in [-0.2, -0.15) is 13.2 Å². The number of alkyl halides is 3. The summed E-state index contributed by atoms with van der Waals surface area (Å²) in [5, 5.41) is 14.1. The van der Waals surface area contributed by atoms with E-state index in [9.17, 15) is 28.1 Å². The molecule has 4 aromatic rings. The van der Waals surface area contributed by atoms with Gasteiger partial charge in [0.15, 0.2) is 11.6 Å². The third-order valence-electron chi connectivity index (χ3n) is 4.44. The van der Waals surface area contributed by atoms with Crippen LogP contribution >= 0.6 is 11.8 Å². The molecule has 33 heavy (non-hydrogen) atoms. The number of para-hydroxylation sites is 1. The van der Waals surface area contributed by atoms with Crippen LogP contribution in [0.25, 0.3) is 22.5 Å². The molecule has 0 aliphatic heterocycles. The van der Waals surface area contributed by atoms with Crippen molar-refractivity contribution in [2.75, 3.05) is 11.1 Å². The second-order valence-electron chi connectivity index (χ2n) is 6.67. The van der Waals surface area contributed by atoms with E-state index in [4.69, 9.17) is 4.42 Å². The molecule has 0 aliphatic carbocycles. The Morgan fingerprint density at radius 2 is 1.91 bits per heavy atom. The molecule has 0 radical (unpaired) electrons. The summed E-state index contributed by atoms with van der Waals surface area (Å²) in [6.45, 7) is 0. The molecule has 4 rings (SSSR count). The van der Waals surface area contributed by atoms with Gasteiger partial charge in [-0.3, -0.25) is 14.9 Å². The van der Waals surface area contributed by atoms with Gasteiger partial charge in [-0.25, -0.2) is 9.97 Å². The smallest absolute Gasteiger partial charge is 0.418 e. The molecule has 1 N–H and O–H groups in total. The lowest BCUT2D eigenvalue weighted by Gasteiger charge is -2.13. The van der Waals surface area contributed by atoms with Crippen LogP contribution in [0, 0.1) is 10.1 Å². The topological polar surface area (TPSA) is 111 Å². The van der Waals surface area contributed by atoms with E-state index in [1.54, 1.807) is 36.4 Å². The third-order valence-corrected chi connectivity index (χ3v) is 5.43.